The molecule has 0 bridgehead atoms. The number of primary amides is 1. The van der Waals surface area contributed by atoms with Crippen molar-refractivity contribution in [2.45, 2.75) is 0 Å². The summed E-state index contributed by atoms with van der Waals surface area (Å²) >= 11 is 0. The molecule has 1 heterocycles. The van der Waals surface area contributed by atoms with Crippen LogP contribution in [0.5, 0.6) is 0 Å². The van der Waals surface area contributed by atoms with E-state index in [1.807, 2.05) is 5.32 Å². The molecular formula is C11H9N3O3. The quantitative estimate of drug-likeness (QED) is 0.672. The number of hydrogen-bond donors (Lipinski definition) is 3. The molecule has 1 aromatic carbocycles. The maximum Gasteiger partial charge on any atom is 0.319 e. The highest BCUT2D eigenvalue weighted by Gasteiger charge is 2.12. The van der Waals surface area contributed by atoms with Crippen LogP contribution in [0.4, 0.5) is 4.79 Å². The molecule has 0 aliphatic rings. The fourth-order valence-corrected chi connectivity index (χ4v) is 1.43. The van der Waals surface area contributed by atoms with Crippen LogP contribution in [0.25, 0.3) is 11.0 Å². The molecule has 2 rings (SSSR count). The number of amides is 3. The Bertz CT molecular complexity index is 660. The molecule has 17 heavy (non-hydrogen) atoms. The lowest BCUT2D eigenvalue weighted by Crippen LogP contribution is -2.37. The van der Waals surface area contributed by atoms with Crippen LogP contribution in [-0.4, -0.2) is 11.9 Å². The normalized spacial score (nSPS) is 10.1. The molecule has 0 saturated heterocycles. The summed E-state index contributed by atoms with van der Waals surface area (Å²) in [5.41, 5.74) is 4.97. The van der Waals surface area contributed by atoms with E-state index in [9.17, 15) is 9.59 Å². The predicted molar refractivity (Wildman–Crippen MR) is 59.1 cm³/mol. The summed E-state index contributed by atoms with van der Waals surface area (Å²) in [4.78, 5) is 22.1. The topological polar surface area (TPSA) is 109 Å². The SMILES string of the molecule is N=c1oc2ccccc2cc1C(=O)NC(N)=O. The third-order valence-corrected chi connectivity index (χ3v) is 2.16. The lowest BCUT2D eigenvalue weighted by atomic mass is 10.2. The lowest BCUT2D eigenvalue weighted by molar-refractivity contribution is 0.0962. The van der Waals surface area contributed by atoms with E-state index in [0.29, 0.717) is 11.0 Å². The van der Waals surface area contributed by atoms with Crippen molar-refractivity contribution in [3.8, 4) is 0 Å². The van der Waals surface area contributed by atoms with Crippen LogP contribution in [0.15, 0.2) is 34.7 Å². The number of nitrogens with one attached hydrogen (secondary N) is 2. The molecule has 4 N–H and O–H groups in total. The molecule has 0 spiro atoms. The van der Waals surface area contributed by atoms with Crippen LogP contribution in [0.1, 0.15) is 10.4 Å². The Kier molecular flexibility index (Phi) is 2.61. The van der Waals surface area contributed by atoms with E-state index in [4.69, 9.17) is 15.6 Å². The summed E-state index contributed by atoms with van der Waals surface area (Å²) in [6.07, 6.45) is 0. The van der Waals surface area contributed by atoms with E-state index in [-0.39, 0.29) is 11.1 Å². The number of urea groups is 1. The summed E-state index contributed by atoms with van der Waals surface area (Å²) in [7, 11) is 0. The van der Waals surface area contributed by atoms with Gasteiger partial charge in [0.25, 0.3) is 5.91 Å². The molecular weight excluding hydrogens is 222 g/mol. The minimum Gasteiger partial charge on any atom is -0.438 e. The maximum absolute atomic E-state index is 11.5. The first kappa shape index (κ1) is 10.9. The van der Waals surface area contributed by atoms with E-state index in [1.165, 1.54) is 6.07 Å². The Labute approximate surface area is 95.5 Å². The fourth-order valence-electron chi connectivity index (χ4n) is 1.43. The number of benzene rings is 1. The lowest BCUT2D eigenvalue weighted by Gasteiger charge is -2.02. The van der Waals surface area contributed by atoms with E-state index in [2.05, 4.69) is 0 Å². The Balaban J connectivity index is 2.55. The van der Waals surface area contributed by atoms with Gasteiger partial charge in [-0.2, -0.15) is 0 Å². The third-order valence-electron chi connectivity index (χ3n) is 2.16. The van der Waals surface area contributed by atoms with Gasteiger partial charge in [0.1, 0.15) is 11.1 Å². The van der Waals surface area contributed by atoms with Crippen molar-refractivity contribution in [3.63, 3.8) is 0 Å². The van der Waals surface area contributed by atoms with Gasteiger partial charge in [-0.1, -0.05) is 18.2 Å². The van der Waals surface area contributed by atoms with Crippen molar-refractivity contribution in [1.82, 2.24) is 5.32 Å². The molecule has 2 aromatic rings. The smallest absolute Gasteiger partial charge is 0.319 e. The molecule has 3 amide bonds. The molecule has 86 valence electrons. The second-order valence-corrected chi connectivity index (χ2v) is 3.35. The second kappa shape index (κ2) is 4.09. The standard InChI is InChI=1S/C11H9N3O3/c12-9-7(10(15)14-11(13)16)5-6-3-1-2-4-8(6)17-9/h1-5,12H,(H3,13,14,15,16). The van der Waals surface area contributed by atoms with Crippen LogP contribution in [0.3, 0.4) is 0 Å². The second-order valence-electron chi connectivity index (χ2n) is 3.35. The Morgan fingerprint density at radius 3 is 2.71 bits per heavy atom. The van der Waals surface area contributed by atoms with E-state index >= 15 is 0 Å². The van der Waals surface area contributed by atoms with Crippen molar-refractivity contribution in [2.75, 3.05) is 0 Å². The van der Waals surface area contributed by atoms with Gasteiger partial charge in [0.2, 0.25) is 5.55 Å². The van der Waals surface area contributed by atoms with Crippen LogP contribution >= 0.6 is 0 Å². The van der Waals surface area contributed by atoms with Gasteiger partial charge in [-0.05, 0) is 12.1 Å². The average molecular weight is 231 g/mol. The van der Waals surface area contributed by atoms with Crippen LogP contribution in [0.2, 0.25) is 0 Å². The van der Waals surface area contributed by atoms with Gasteiger partial charge in [-0.25, -0.2) is 4.79 Å². The molecule has 0 aliphatic carbocycles. The monoisotopic (exact) mass is 231 g/mol. The largest absolute Gasteiger partial charge is 0.438 e. The van der Waals surface area contributed by atoms with Crippen molar-refractivity contribution in [2.24, 2.45) is 5.73 Å². The average Bonchev–Trinajstić information content (AvgIpc) is 2.27. The Morgan fingerprint density at radius 2 is 2.00 bits per heavy atom. The van der Waals surface area contributed by atoms with Gasteiger partial charge in [-0.15, -0.1) is 0 Å². The number of carbonyl (C=O) groups excluding carboxylic acids is 2. The minimum absolute atomic E-state index is 0.0394. The highest BCUT2D eigenvalue weighted by atomic mass is 16.3. The molecule has 6 nitrogen and oxygen atoms in total. The van der Waals surface area contributed by atoms with E-state index < -0.39 is 11.9 Å². The number of carbonyl (C=O) groups is 2. The fraction of sp³-hybridized carbons (Fsp3) is 0. The summed E-state index contributed by atoms with van der Waals surface area (Å²) in [6.45, 7) is 0. The summed E-state index contributed by atoms with van der Waals surface area (Å²) in [5.74, 6) is -0.753. The number of hydrogen-bond acceptors (Lipinski definition) is 4. The van der Waals surface area contributed by atoms with Gasteiger partial charge < -0.3 is 10.2 Å². The number of imide groups is 1. The van der Waals surface area contributed by atoms with Crippen LogP contribution in [0, 0.1) is 5.41 Å². The minimum atomic E-state index is -0.970. The summed E-state index contributed by atoms with van der Waals surface area (Å²) in [6, 6.07) is 7.45. The predicted octanol–water partition coefficient (Wildman–Crippen LogP) is 0.721. The summed E-state index contributed by atoms with van der Waals surface area (Å²) < 4.78 is 5.15. The maximum atomic E-state index is 11.5. The third kappa shape index (κ3) is 2.15. The molecule has 6 heteroatoms. The van der Waals surface area contributed by atoms with Gasteiger partial charge >= 0.3 is 6.03 Å². The zero-order chi connectivity index (χ0) is 12.4. The number of rotatable bonds is 1. The van der Waals surface area contributed by atoms with Crippen molar-refractivity contribution in [1.29, 1.82) is 5.41 Å². The number of para-hydroxylation sites is 1. The molecule has 0 saturated carbocycles. The van der Waals surface area contributed by atoms with Crippen LogP contribution < -0.4 is 16.6 Å². The zero-order valence-electron chi connectivity index (χ0n) is 8.69. The van der Waals surface area contributed by atoms with Gasteiger partial charge in [-0.3, -0.25) is 15.5 Å². The summed E-state index contributed by atoms with van der Waals surface area (Å²) in [5, 5.41) is 10.1. The number of nitrogens with two attached hydrogens (primary N) is 1. The highest BCUT2D eigenvalue weighted by molar-refractivity contribution is 6.04. The van der Waals surface area contributed by atoms with Gasteiger partial charge in [0.15, 0.2) is 0 Å². The zero-order valence-corrected chi connectivity index (χ0v) is 8.69. The molecule has 0 fully saturated rings. The van der Waals surface area contributed by atoms with Crippen LogP contribution in [-0.2, 0) is 0 Å². The van der Waals surface area contributed by atoms with Crippen molar-refractivity contribution >= 4 is 22.9 Å². The van der Waals surface area contributed by atoms with Gasteiger partial charge in [0.05, 0.1) is 0 Å². The van der Waals surface area contributed by atoms with E-state index in [0.717, 1.165) is 0 Å². The van der Waals surface area contributed by atoms with E-state index in [1.54, 1.807) is 24.3 Å². The Morgan fingerprint density at radius 1 is 1.29 bits per heavy atom. The molecule has 0 unspecified atom stereocenters. The molecule has 0 atom stereocenters. The highest BCUT2D eigenvalue weighted by Crippen LogP contribution is 2.12. The first-order chi connectivity index (χ1) is 8.08. The first-order valence-corrected chi connectivity index (χ1v) is 4.76. The molecule has 1 aromatic heterocycles. The number of fused-ring (bicyclic) bond motifs is 1. The van der Waals surface area contributed by atoms with Gasteiger partial charge in [0, 0.05) is 5.39 Å². The first-order valence-electron chi connectivity index (χ1n) is 4.76. The molecule has 0 radical (unpaired) electrons. The Hall–Kier alpha value is -2.63. The van der Waals surface area contributed by atoms with Crippen molar-refractivity contribution < 1.29 is 14.0 Å². The molecule has 0 aliphatic heterocycles. The van der Waals surface area contributed by atoms with Crippen molar-refractivity contribution in [3.05, 3.63) is 41.4 Å².